The van der Waals surface area contributed by atoms with Crippen LogP contribution in [0.5, 0.6) is 0 Å². The maximum Gasteiger partial charge on any atom is 0.323 e. The van der Waals surface area contributed by atoms with Crippen molar-refractivity contribution in [3.63, 3.8) is 0 Å². The molecule has 0 aromatic heterocycles. The smallest absolute Gasteiger partial charge is 0.323 e. The van der Waals surface area contributed by atoms with Crippen LogP contribution in [0.15, 0.2) is 0 Å². The van der Waals surface area contributed by atoms with Crippen molar-refractivity contribution in [1.29, 1.82) is 0 Å². The maximum atomic E-state index is 11.8. The number of urea groups is 1. The fourth-order valence-electron chi connectivity index (χ4n) is 1.45. The van der Waals surface area contributed by atoms with Crippen molar-refractivity contribution < 1.29 is 24.2 Å². The SMILES string of the molecule is COCCNC(=O)CNC(=O)N(CC(=O)O)CC(C)C. The summed E-state index contributed by atoms with van der Waals surface area (Å²) >= 11 is 0. The second kappa shape index (κ2) is 10.0. The normalized spacial score (nSPS) is 10.2. The highest BCUT2D eigenvalue weighted by molar-refractivity contribution is 5.85. The number of carboxylic acid groups (broad SMARTS) is 1. The van der Waals surface area contributed by atoms with E-state index in [4.69, 9.17) is 9.84 Å². The number of hydrogen-bond acceptors (Lipinski definition) is 4. The van der Waals surface area contributed by atoms with Crippen molar-refractivity contribution in [3.8, 4) is 0 Å². The lowest BCUT2D eigenvalue weighted by Crippen LogP contribution is -2.47. The Morgan fingerprint density at radius 3 is 2.40 bits per heavy atom. The topological polar surface area (TPSA) is 108 Å². The number of hydrogen-bond donors (Lipinski definition) is 3. The fourth-order valence-corrected chi connectivity index (χ4v) is 1.45. The summed E-state index contributed by atoms with van der Waals surface area (Å²) in [6.07, 6.45) is 0. The number of nitrogens with one attached hydrogen (secondary N) is 2. The summed E-state index contributed by atoms with van der Waals surface area (Å²) in [5.41, 5.74) is 0. The highest BCUT2D eigenvalue weighted by atomic mass is 16.5. The number of carbonyl (C=O) groups excluding carboxylic acids is 2. The molecule has 0 saturated carbocycles. The Labute approximate surface area is 118 Å². The van der Waals surface area contributed by atoms with Gasteiger partial charge >= 0.3 is 12.0 Å². The van der Waals surface area contributed by atoms with Crippen molar-refractivity contribution >= 4 is 17.9 Å². The quantitative estimate of drug-likeness (QED) is 0.496. The van der Waals surface area contributed by atoms with Crippen LogP contribution in [0, 0.1) is 5.92 Å². The van der Waals surface area contributed by atoms with Gasteiger partial charge in [0.25, 0.3) is 0 Å². The zero-order valence-corrected chi connectivity index (χ0v) is 12.1. The molecule has 0 unspecified atom stereocenters. The molecule has 0 rings (SSSR count). The lowest BCUT2D eigenvalue weighted by molar-refractivity contribution is -0.137. The van der Waals surface area contributed by atoms with Crippen LogP contribution in [0.4, 0.5) is 4.79 Å². The van der Waals surface area contributed by atoms with E-state index >= 15 is 0 Å². The molecule has 0 aliphatic heterocycles. The van der Waals surface area contributed by atoms with Gasteiger partial charge in [-0.2, -0.15) is 0 Å². The van der Waals surface area contributed by atoms with E-state index in [0.717, 1.165) is 4.90 Å². The first-order chi connectivity index (χ1) is 9.36. The molecule has 0 fully saturated rings. The van der Waals surface area contributed by atoms with E-state index in [2.05, 4.69) is 10.6 Å². The molecule has 0 aromatic rings. The van der Waals surface area contributed by atoms with E-state index in [1.165, 1.54) is 7.11 Å². The number of ether oxygens (including phenoxy) is 1. The minimum atomic E-state index is -1.09. The standard InChI is InChI=1S/C12H23N3O5/c1-9(2)7-15(8-11(17)18)12(19)14-6-10(16)13-4-5-20-3/h9H,4-8H2,1-3H3,(H,13,16)(H,14,19)(H,17,18). The second-order valence-corrected chi connectivity index (χ2v) is 4.67. The van der Waals surface area contributed by atoms with E-state index in [1.54, 1.807) is 0 Å². The lowest BCUT2D eigenvalue weighted by atomic mass is 10.2. The van der Waals surface area contributed by atoms with Gasteiger partial charge in [-0.05, 0) is 5.92 Å². The largest absolute Gasteiger partial charge is 0.480 e. The molecule has 0 aliphatic carbocycles. The van der Waals surface area contributed by atoms with Gasteiger partial charge < -0.3 is 25.4 Å². The Bertz CT molecular complexity index is 333. The van der Waals surface area contributed by atoms with E-state index in [1.807, 2.05) is 13.8 Å². The maximum absolute atomic E-state index is 11.8. The number of aliphatic carboxylic acids is 1. The van der Waals surface area contributed by atoms with Gasteiger partial charge in [-0.1, -0.05) is 13.8 Å². The summed E-state index contributed by atoms with van der Waals surface area (Å²) < 4.78 is 4.77. The van der Waals surface area contributed by atoms with Crippen molar-refractivity contribution in [2.24, 2.45) is 5.92 Å². The summed E-state index contributed by atoms with van der Waals surface area (Å²) in [6, 6.07) is -0.567. The molecule has 0 saturated heterocycles. The van der Waals surface area contributed by atoms with E-state index < -0.39 is 18.5 Å². The monoisotopic (exact) mass is 289 g/mol. The second-order valence-electron chi connectivity index (χ2n) is 4.67. The van der Waals surface area contributed by atoms with Gasteiger partial charge in [0, 0.05) is 20.2 Å². The molecule has 0 spiro atoms. The molecule has 0 atom stereocenters. The van der Waals surface area contributed by atoms with Crippen molar-refractivity contribution in [3.05, 3.63) is 0 Å². The molecule has 0 bridgehead atoms. The average molecular weight is 289 g/mol. The first kappa shape index (κ1) is 18.2. The predicted molar refractivity (Wildman–Crippen MR) is 72.3 cm³/mol. The van der Waals surface area contributed by atoms with E-state index in [9.17, 15) is 14.4 Å². The Morgan fingerprint density at radius 1 is 1.25 bits per heavy atom. The molecule has 0 aromatic carbocycles. The highest BCUT2D eigenvalue weighted by Gasteiger charge is 2.18. The number of nitrogens with zero attached hydrogens (tertiary/aromatic N) is 1. The molecule has 3 amide bonds. The van der Waals surface area contributed by atoms with Crippen LogP contribution < -0.4 is 10.6 Å². The summed E-state index contributed by atoms with van der Waals surface area (Å²) in [5.74, 6) is -1.31. The zero-order chi connectivity index (χ0) is 15.5. The summed E-state index contributed by atoms with van der Waals surface area (Å²) in [4.78, 5) is 35.0. The molecule has 20 heavy (non-hydrogen) atoms. The first-order valence-corrected chi connectivity index (χ1v) is 6.37. The van der Waals surface area contributed by atoms with Gasteiger partial charge in [0.05, 0.1) is 13.2 Å². The number of carboxylic acids is 1. The number of methoxy groups -OCH3 is 1. The molecule has 116 valence electrons. The van der Waals surface area contributed by atoms with Gasteiger partial charge in [0.2, 0.25) is 5.91 Å². The molecule has 0 radical (unpaired) electrons. The predicted octanol–water partition coefficient (Wildman–Crippen LogP) is -0.499. The van der Waals surface area contributed by atoms with Crippen LogP contribution in [-0.4, -0.2) is 67.8 Å². The molecule has 3 N–H and O–H groups in total. The third-order valence-corrected chi connectivity index (χ3v) is 2.23. The first-order valence-electron chi connectivity index (χ1n) is 6.37. The Kier molecular flexibility index (Phi) is 9.10. The zero-order valence-electron chi connectivity index (χ0n) is 12.1. The van der Waals surface area contributed by atoms with Crippen LogP contribution in [0.25, 0.3) is 0 Å². The van der Waals surface area contributed by atoms with Crippen LogP contribution in [-0.2, 0) is 14.3 Å². The molecule has 8 heteroatoms. The molecule has 0 heterocycles. The Balaban J connectivity index is 4.17. The molecular weight excluding hydrogens is 266 g/mol. The Morgan fingerprint density at radius 2 is 1.90 bits per heavy atom. The number of rotatable bonds is 9. The molecular formula is C12H23N3O5. The van der Waals surface area contributed by atoms with Gasteiger partial charge in [-0.15, -0.1) is 0 Å². The summed E-state index contributed by atoms with van der Waals surface area (Å²) in [5, 5.41) is 13.7. The number of carbonyl (C=O) groups is 3. The van der Waals surface area contributed by atoms with Crippen LogP contribution >= 0.6 is 0 Å². The van der Waals surface area contributed by atoms with E-state index in [-0.39, 0.29) is 18.4 Å². The van der Waals surface area contributed by atoms with Crippen LogP contribution in [0.2, 0.25) is 0 Å². The average Bonchev–Trinajstić information content (AvgIpc) is 2.34. The highest BCUT2D eigenvalue weighted by Crippen LogP contribution is 1.99. The minimum absolute atomic E-state index is 0.135. The van der Waals surface area contributed by atoms with Gasteiger partial charge in [-0.3, -0.25) is 9.59 Å². The number of amides is 3. The van der Waals surface area contributed by atoms with Crippen molar-refractivity contribution in [2.75, 3.05) is 39.9 Å². The minimum Gasteiger partial charge on any atom is -0.480 e. The molecule has 0 aliphatic rings. The third kappa shape index (κ3) is 9.15. The van der Waals surface area contributed by atoms with Crippen LogP contribution in [0.3, 0.4) is 0 Å². The van der Waals surface area contributed by atoms with E-state index in [0.29, 0.717) is 19.7 Å². The summed E-state index contributed by atoms with van der Waals surface area (Å²) in [7, 11) is 1.52. The molecule has 8 nitrogen and oxygen atoms in total. The van der Waals surface area contributed by atoms with Crippen molar-refractivity contribution in [2.45, 2.75) is 13.8 Å². The summed E-state index contributed by atoms with van der Waals surface area (Å²) in [6.45, 7) is 4.21. The fraction of sp³-hybridized carbons (Fsp3) is 0.750. The van der Waals surface area contributed by atoms with Crippen LogP contribution in [0.1, 0.15) is 13.8 Å². The van der Waals surface area contributed by atoms with Gasteiger partial charge in [0.1, 0.15) is 6.54 Å². The third-order valence-electron chi connectivity index (χ3n) is 2.23. The van der Waals surface area contributed by atoms with Gasteiger partial charge in [0.15, 0.2) is 0 Å². The van der Waals surface area contributed by atoms with Gasteiger partial charge in [-0.25, -0.2) is 4.79 Å². The Hall–Kier alpha value is -1.83. The lowest BCUT2D eigenvalue weighted by Gasteiger charge is -2.22. The van der Waals surface area contributed by atoms with Crippen molar-refractivity contribution in [1.82, 2.24) is 15.5 Å².